The molecule has 2 rings (SSSR count). The van der Waals surface area contributed by atoms with Crippen molar-refractivity contribution in [2.75, 3.05) is 5.32 Å². The minimum absolute atomic E-state index is 0.217. The Morgan fingerprint density at radius 1 is 1.36 bits per heavy atom. The van der Waals surface area contributed by atoms with Gasteiger partial charge in [-0.15, -0.1) is 5.10 Å². The van der Waals surface area contributed by atoms with Gasteiger partial charge in [0.05, 0.1) is 12.7 Å². The molecule has 0 unspecified atom stereocenters. The molecule has 2 heterocycles. The number of nitrogens with two attached hydrogens (primary N) is 1. The second-order valence-corrected chi connectivity index (χ2v) is 2.42. The Morgan fingerprint density at radius 3 is 2.93 bits per heavy atom. The highest BCUT2D eigenvalue weighted by Gasteiger charge is 2.04. The Hall–Kier alpha value is -2.02. The molecule has 2 aromatic rings. The van der Waals surface area contributed by atoms with Gasteiger partial charge in [-0.25, -0.2) is 4.98 Å². The second kappa shape index (κ2) is 3.79. The van der Waals surface area contributed by atoms with Gasteiger partial charge < -0.3 is 10.2 Å². The number of anilines is 2. The molecule has 0 saturated carbocycles. The number of rotatable bonds is 3. The molecule has 7 nitrogen and oxygen atoms in total. The van der Waals surface area contributed by atoms with E-state index in [1.165, 1.54) is 0 Å². The van der Waals surface area contributed by atoms with Crippen molar-refractivity contribution in [3.63, 3.8) is 0 Å². The summed E-state index contributed by atoms with van der Waals surface area (Å²) in [5, 5.41) is 10.2. The van der Waals surface area contributed by atoms with Crippen LogP contribution in [0.25, 0.3) is 0 Å². The van der Waals surface area contributed by atoms with E-state index >= 15 is 0 Å². The highest BCUT2D eigenvalue weighted by atomic mass is 16.4. The first-order valence-electron chi connectivity index (χ1n) is 3.94. The Balaban J connectivity index is 2.11. The number of nitrogens with one attached hydrogen (secondary N) is 1. The van der Waals surface area contributed by atoms with Crippen LogP contribution in [-0.2, 0) is 6.54 Å². The van der Waals surface area contributed by atoms with Gasteiger partial charge in [-0.1, -0.05) is 5.10 Å². The van der Waals surface area contributed by atoms with E-state index < -0.39 is 0 Å². The molecule has 0 aromatic carbocycles. The summed E-state index contributed by atoms with van der Waals surface area (Å²) in [6, 6.07) is 0.256. The van der Waals surface area contributed by atoms with E-state index in [0.29, 0.717) is 11.7 Å². The van der Waals surface area contributed by atoms with Gasteiger partial charge in [0.1, 0.15) is 0 Å². The van der Waals surface area contributed by atoms with E-state index in [0.717, 1.165) is 0 Å². The second-order valence-electron chi connectivity index (χ2n) is 2.42. The Bertz CT molecular complexity index is 400. The van der Waals surface area contributed by atoms with Crippen LogP contribution >= 0.6 is 0 Å². The highest BCUT2D eigenvalue weighted by Crippen LogP contribution is 2.10. The fraction of sp³-hybridized carbons (Fsp3) is 0.143. The van der Waals surface area contributed by atoms with Crippen molar-refractivity contribution in [2.45, 2.75) is 6.54 Å². The van der Waals surface area contributed by atoms with Gasteiger partial charge in [0.2, 0.25) is 5.89 Å². The molecule has 72 valence electrons. The third-order valence-corrected chi connectivity index (χ3v) is 1.44. The van der Waals surface area contributed by atoms with Crippen LogP contribution in [0.2, 0.25) is 0 Å². The van der Waals surface area contributed by atoms with Crippen LogP contribution in [0, 0.1) is 0 Å². The van der Waals surface area contributed by atoms with Crippen LogP contribution in [0.5, 0.6) is 0 Å². The summed E-state index contributed by atoms with van der Waals surface area (Å²) in [5.74, 6) is 0.913. The van der Waals surface area contributed by atoms with Crippen molar-refractivity contribution in [1.29, 1.82) is 0 Å². The zero-order chi connectivity index (χ0) is 9.80. The fourth-order valence-corrected chi connectivity index (χ4v) is 0.860. The normalized spacial score (nSPS) is 10.1. The minimum Gasteiger partial charge on any atom is -0.406 e. The first-order valence-corrected chi connectivity index (χ1v) is 3.94. The third-order valence-electron chi connectivity index (χ3n) is 1.44. The lowest BCUT2D eigenvalue weighted by atomic mass is 10.6. The standard InChI is InChI=1S/C7H8N6O/c8-3-6-12-13-7(14-6)11-5-4-9-1-2-10-5/h1-2,4H,3,8H2,(H,10,11,13). The van der Waals surface area contributed by atoms with Gasteiger partial charge in [0.15, 0.2) is 5.82 Å². The van der Waals surface area contributed by atoms with Crippen molar-refractivity contribution >= 4 is 11.8 Å². The van der Waals surface area contributed by atoms with Crippen molar-refractivity contribution in [1.82, 2.24) is 20.2 Å². The van der Waals surface area contributed by atoms with Crippen molar-refractivity contribution in [3.05, 3.63) is 24.5 Å². The smallest absolute Gasteiger partial charge is 0.321 e. The van der Waals surface area contributed by atoms with Gasteiger partial charge >= 0.3 is 6.01 Å². The lowest BCUT2D eigenvalue weighted by Gasteiger charge is -1.96. The molecule has 0 amide bonds. The molecule has 3 N–H and O–H groups in total. The Morgan fingerprint density at radius 2 is 2.29 bits per heavy atom. The van der Waals surface area contributed by atoms with Gasteiger partial charge in [-0.2, -0.15) is 0 Å². The maximum atomic E-state index is 5.30. The molecular formula is C7H8N6O. The van der Waals surface area contributed by atoms with Gasteiger partial charge in [-0.3, -0.25) is 10.3 Å². The average molecular weight is 192 g/mol. The van der Waals surface area contributed by atoms with Crippen LogP contribution < -0.4 is 11.1 Å². The molecule has 0 aliphatic carbocycles. The molecule has 0 aliphatic heterocycles. The van der Waals surface area contributed by atoms with E-state index in [2.05, 4.69) is 25.5 Å². The van der Waals surface area contributed by atoms with Gasteiger partial charge in [0.25, 0.3) is 0 Å². The Labute approximate surface area is 79.4 Å². The van der Waals surface area contributed by atoms with Crippen LogP contribution in [-0.4, -0.2) is 20.2 Å². The molecule has 0 spiro atoms. The van der Waals surface area contributed by atoms with Crippen molar-refractivity contribution in [2.24, 2.45) is 5.73 Å². The summed E-state index contributed by atoms with van der Waals surface area (Å²) in [4.78, 5) is 7.84. The zero-order valence-corrected chi connectivity index (χ0v) is 7.21. The minimum atomic E-state index is 0.217. The van der Waals surface area contributed by atoms with Gasteiger partial charge in [-0.05, 0) is 0 Å². The lowest BCUT2D eigenvalue weighted by molar-refractivity contribution is 0.511. The molecule has 7 heteroatoms. The fourth-order valence-electron chi connectivity index (χ4n) is 0.860. The number of aromatic nitrogens is 4. The van der Waals surface area contributed by atoms with E-state index in [9.17, 15) is 0 Å². The number of nitrogens with zero attached hydrogens (tertiary/aromatic N) is 4. The molecule has 14 heavy (non-hydrogen) atoms. The summed E-state index contributed by atoms with van der Waals surface area (Å²) in [7, 11) is 0. The van der Waals surface area contributed by atoms with Crippen LogP contribution in [0.4, 0.5) is 11.8 Å². The van der Waals surface area contributed by atoms with Crippen LogP contribution in [0.15, 0.2) is 23.0 Å². The quantitative estimate of drug-likeness (QED) is 0.708. The highest BCUT2D eigenvalue weighted by molar-refractivity contribution is 5.42. The molecular weight excluding hydrogens is 184 g/mol. The zero-order valence-electron chi connectivity index (χ0n) is 7.21. The number of hydrogen-bond acceptors (Lipinski definition) is 7. The molecule has 0 saturated heterocycles. The molecule has 0 radical (unpaired) electrons. The largest absolute Gasteiger partial charge is 0.406 e. The molecule has 2 aromatic heterocycles. The molecule has 0 aliphatic rings. The Kier molecular flexibility index (Phi) is 2.32. The van der Waals surface area contributed by atoms with Crippen LogP contribution in [0.3, 0.4) is 0 Å². The summed E-state index contributed by atoms with van der Waals surface area (Å²) in [5.41, 5.74) is 5.30. The summed E-state index contributed by atoms with van der Waals surface area (Å²) < 4.78 is 5.11. The molecule has 0 bridgehead atoms. The molecule has 0 fully saturated rings. The van der Waals surface area contributed by atoms with E-state index in [4.69, 9.17) is 10.2 Å². The average Bonchev–Trinajstić information content (AvgIpc) is 2.67. The maximum Gasteiger partial charge on any atom is 0.321 e. The third kappa shape index (κ3) is 1.83. The van der Waals surface area contributed by atoms with Crippen molar-refractivity contribution < 1.29 is 4.42 Å². The van der Waals surface area contributed by atoms with E-state index in [-0.39, 0.29) is 12.6 Å². The van der Waals surface area contributed by atoms with E-state index in [1.54, 1.807) is 18.6 Å². The topological polar surface area (TPSA) is 103 Å². The monoisotopic (exact) mass is 192 g/mol. The summed E-state index contributed by atoms with van der Waals surface area (Å²) in [6.45, 7) is 0.217. The summed E-state index contributed by atoms with van der Waals surface area (Å²) >= 11 is 0. The lowest BCUT2D eigenvalue weighted by Crippen LogP contribution is -1.95. The first kappa shape index (κ1) is 8.57. The maximum absolute atomic E-state index is 5.30. The SMILES string of the molecule is NCc1nnc(Nc2cnccn2)o1. The predicted molar refractivity (Wildman–Crippen MR) is 47.5 cm³/mol. The predicted octanol–water partition coefficient (Wildman–Crippen LogP) is 0.0619. The van der Waals surface area contributed by atoms with Gasteiger partial charge in [0, 0.05) is 12.4 Å². The van der Waals surface area contributed by atoms with E-state index in [1.807, 2.05) is 0 Å². The van der Waals surface area contributed by atoms with Crippen LogP contribution in [0.1, 0.15) is 5.89 Å². The first-order chi connectivity index (χ1) is 6.88. The van der Waals surface area contributed by atoms with Crippen molar-refractivity contribution in [3.8, 4) is 0 Å². The summed E-state index contributed by atoms with van der Waals surface area (Å²) in [6.07, 6.45) is 4.68. The molecule has 0 atom stereocenters. The number of hydrogen-bond donors (Lipinski definition) is 2.